The van der Waals surface area contributed by atoms with Crippen LogP contribution < -0.4 is 5.32 Å². The van der Waals surface area contributed by atoms with Gasteiger partial charge in [0.2, 0.25) is 0 Å². The Morgan fingerprint density at radius 1 is 1.16 bits per heavy atom. The molecule has 1 aliphatic carbocycles. The second-order valence-electron chi connectivity index (χ2n) is 5.26. The summed E-state index contributed by atoms with van der Waals surface area (Å²) in [5.74, 6) is 0. The summed E-state index contributed by atoms with van der Waals surface area (Å²) in [4.78, 5) is 0. The topological polar surface area (TPSA) is 30.5 Å². The highest BCUT2D eigenvalue weighted by atomic mass is 16.5. The summed E-state index contributed by atoms with van der Waals surface area (Å²) in [6.45, 7) is 1.60. The Hall–Kier alpha value is -0.900. The molecule has 2 rings (SSSR count). The van der Waals surface area contributed by atoms with Crippen molar-refractivity contribution < 1.29 is 9.47 Å². The van der Waals surface area contributed by atoms with Gasteiger partial charge in [0.25, 0.3) is 0 Å². The maximum Gasteiger partial charge on any atom is 0.0723 e. The van der Waals surface area contributed by atoms with Gasteiger partial charge in [0.05, 0.1) is 18.8 Å². The van der Waals surface area contributed by atoms with Crippen molar-refractivity contribution in [1.29, 1.82) is 0 Å². The second-order valence-corrected chi connectivity index (χ2v) is 5.26. The molecule has 1 aliphatic rings. The number of ether oxygens (including phenoxy) is 2. The second kappa shape index (κ2) is 7.63. The molecule has 0 saturated heterocycles. The van der Waals surface area contributed by atoms with Crippen LogP contribution in [0.5, 0.6) is 0 Å². The SMILES string of the molecule is CNCc1ccccc1COC1CCCC(OC)C1. The first kappa shape index (κ1) is 14.5. The molecule has 0 radical (unpaired) electrons. The number of hydrogen-bond donors (Lipinski definition) is 1. The first-order valence-corrected chi connectivity index (χ1v) is 7.19. The van der Waals surface area contributed by atoms with Crippen LogP contribution >= 0.6 is 0 Å². The van der Waals surface area contributed by atoms with E-state index in [2.05, 4.69) is 29.6 Å². The van der Waals surface area contributed by atoms with Crippen molar-refractivity contribution in [3.05, 3.63) is 35.4 Å². The van der Waals surface area contributed by atoms with E-state index in [1.54, 1.807) is 7.11 Å². The van der Waals surface area contributed by atoms with Crippen LogP contribution in [0.3, 0.4) is 0 Å². The monoisotopic (exact) mass is 263 g/mol. The van der Waals surface area contributed by atoms with E-state index >= 15 is 0 Å². The fourth-order valence-electron chi connectivity index (χ4n) is 2.74. The summed E-state index contributed by atoms with van der Waals surface area (Å²) >= 11 is 0. The summed E-state index contributed by atoms with van der Waals surface area (Å²) in [5, 5.41) is 3.20. The third-order valence-corrected chi connectivity index (χ3v) is 3.87. The van der Waals surface area contributed by atoms with Gasteiger partial charge < -0.3 is 14.8 Å². The highest BCUT2D eigenvalue weighted by Gasteiger charge is 2.22. The van der Waals surface area contributed by atoms with E-state index in [9.17, 15) is 0 Å². The fraction of sp³-hybridized carbons (Fsp3) is 0.625. The number of benzene rings is 1. The molecule has 3 heteroatoms. The molecule has 2 unspecified atom stereocenters. The molecule has 19 heavy (non-hydrogen) atoms. The predicted molar refractivity (Wildman–Crippen MR) is 77.0 cm³/mol. The first-order valence-electron chi connectivity index (χ1n) is 7.19. The fourth-order valence-corrected chi connectivity index (χ4v) is 2.74. The van der Waals surface area contributed by atoms with Crippen LogP contribution in [0.15, 0.2) is 24.3 Å². The van der Waals surface area contributed by atoms with Crippen LogP contribution in [0, 0.1) is 0 Å². The van der Waals surface area contributed by atoms with E-state index in [0.29, 0.717) is 18.8 Å². The smallest absolute Gasteiger partial charge is 0.0723 e. The van der Waals surface area contributed by atoms with Gasteiger partial charge in [0, 0.05) is 13.7 Å². The Kier molecular flexibility index (Phi) is 5.83. The van der Waals surface area contributed by atoms with Crippen molar-refractivity contribution >= 4 is 0 Å². The summed E-state index contributed by atoms with van der Waals surface area (Å²) in [5.41, 5.74) is 2.61. The summed E-state index contributed by atoms with van der Waals surface area (Å²) in [6, 6.07) is 8.48. The number of nitrogens with one attached hydrogen (secondary N) is 1. The summed E-state index contributed by atoms with van der Waals surface area (Å²) < 4.78 is 11.5. The van der Waals surface area contributed by atoms with Gasteiger partial charge in [-0.25, -0.2) is 0 Å². The molecule has 0 aliphatic heterocycles. The third kappa shape index (κ3) is 4.30. The lowest BCUT2D eigenvalue weighted by atomic mass is 9.95. The van der Waals surface area contributed by atoms with E-state index in [4.69, 9.17) is 9.47 Å². The van der Waals surface area contributed by atoms with Gasteiger partial charge in [-0.15, -0.1) is 0 Å². The normalized spacial score (nSPS) is 23.5. The van der Waals surface area contributed by atoms with Gasteiger partial charge in [-0.3, -0.25) is 0 Å². The Morgan fingerprint density at radius 3 is 2.63 bits per heavy atom. The van der Waals surface area contributed by atoms with E-state index < -0.39 is 0 Å². The highest BCUT2D eigenvalue weighted by molar-refractivity contribution is 5.26. The van der Waals surface area contributed by atoms with E-state index in [1.165, 1.54) is 24.0 Å². The van der Waals surface area contributed by atoms with Gasteiger partial charge in [-0.1, -0.05) is 24.3 Å². The standard InChI is InChI=1S/C16H25NO2/c1-17-11-13-6-3-4-7-14(13)12-19-16-9-5-8-15(10-16)18-2/h3-4,6-7,15-17H,5,8-12H2,1-2H3. The van der Waals surface area contributed by atoms with Gasteiger partial charge in [0.1, 0.15) is 0 Å². The van der Waals surface area contributed by atoms with Crippen molar-refractivity contribution in [2.45, 2.75) is 51.0 Å². The van der Waals surface area contributed by atoms with Crippen LogP contribution in [0.1, 0.15) is 36.8 Å². The Morgan fingerprint density at radius 2 is 1.89 bits per heavy atom. The molecule has 106 valence electrons. The molecule has 0 aromatic heterocycles. The van der Waals surface area contributed by atoms with Crippen LogP contribution in [-0.2, 0) is 22.6 Å². The molecule has 0 heterocycles. The van der Waals surface area contributed by atoms with Crippen LogP contribution in [-0.4, -0.2) is 26.4 Å². The molecule has 1 saturated carbocycles. The zero-order valence-corrected chi connectivity index (χ0v) is 12.0. The average molecular weight is 263 g/mol. The number of hydrogen-bond acceptors (Lipinski definition) is 3. The summed E-state index contributed by atoms with van der Waals surface area (Å²) in [7, 11) is 3.78. The molecular formula is C16H25NO2. The van der Waals surface area contributed by atoms with E-state index in [0.717, 1.165) is 19.4 Å². The molecule has 1 aromatic rings. The molecule has 0 bridgehead atoms. The molecule has 1 fully saturated rings. The molecule has 1 aromatic carbocycles. The van der Waals surface area contributed by atoms with Crippen molar-refractivity contribution in [2.75, 3.05) is 14.2 Å². The lowest BCUT2D eigenvalue weighted by Gasteiger charge is -2.28. The maximum absolute atomic E-state index is 6.08. The molecule has 1 N–H and O–H groups in total. The molecule has 2 atom stereocenters. The minimum Gasteiger partial charge on any atom is -0.381 e. The first-order chi connectivity index (χ1) is 9.33. The van der Waals surface area contributed by atoms with Crippen molar-refractivity contribution in [3.8, 4) is 0 Å². The van der Waals surface area contributed by atoms with Crippen LogP contribution in [0.25, 0.3) is 0 Å². The molecule has 0 spiro atoms. The molecule has 0 amide bonds. The van der Waals surface area contributed by atoms with E-state index in [1.807, 2.05) is 7.05 Å². The van der Waals surface area contributed by atoms with Crippen LogP contribution in [0.4, 0.5) is 0 Å². The highest BCUT2D eigenvalue weighted by Crippen LogP contribution is 2.24. The largest absolute Gasteiger partial charge is 0.381 e. The molecular weight excluding hydrogens is 238 g/mol. The minimum absolute atomic E-state index is 0.348. The van der Waals surface area contributed by atoms with Crippen molar-refractivity contribution in [2.24, 2.45) is 0 Å². The minimum atomic E-state index is 0.348. The molecule has 3 nitrogen and oxygen atoms in total. The van der Waals surface area contributed by atoms with E-state index in [-0.39, 0.29) is 0 Å². The quantitative estimate of drug-likeness (QED) is 0.856. The van der Waals surface area contributed by atoms with Crippen LogP contribution in [0.2, 0.25) is 0 Å². The maximum atomic E-state index is 6.08. The van der Waals surface area contributed by atoms with Crippen molar-refractivity contribution in [3.63, 3.8) is 0 Å². The summed E-state index contributed by atoms with van der Waals surface area (Å²) in [6.07, 6.45) is 5.31. The van der Waals surface area contributed by atoms with Gasteiger partial charge in [-0.05, 0) is 43.9 Å². The third-order valence-electron chi connectivity index (χ3n) is 3.87. The Balaban J connectivity index is 1.87. The predicted octanol–water partition coefficient (Wildman–Crippen LogP) is 2.88. The zero-order valence-electron chi connectivity index (χ0n) is 12.0. The Labute approximate surface area is 116 Å². The number of methoxy groups -OCH3 is 1. The van der Waals surface area contributed by atoms with Gasteiger partial charge in [-0.2, -0.15) is 0 Å². The van der Waals surface area contributed by atoms with Gasteiger partial charge >= 0.3 is 0 Å². The lowest BCUT2D eigenvalue weighted by molar-refractivity contribution is -0.0365. The average Bonchev–Trinajstić information content (AvgIpc) is 2.47. The lowest BCUT2D eigenvalue weighted by Crippen LogP contribution is -2.27. The van der Waals surface area contributed by atoms with Gasteiger partial charge in [0.15, 0.2) is 0 Å². The Bertz CT molecular complexity index is 381. The zero-order chi connectivity index (χ0) is 13.5. The van der Waals surface area contributed by atoms with Crippen molar-refractivity contribution in [1.82, 2.24) is 5.32 Å². The number of rotatable bonds is 6.